The zero-order chi connectivity index (χ0) is 32.7. The summed E-state index contributed by atoms with van der Waals surface area (Å²) in [5.74, 6) is 0.201. The molecule has 0 bridgehead atoms. The maximum atomic E-state index is 14.9. The van der Waals surface area contributed by atoms with E-state index in [4.69, 9.17) is 21.6 Å². The normalized spacial score (nSPS) is 23.6. The van der Waals surface area contributed by atoms with Crippen LogP contribution in [-0.2, 0) is 10.2 Å². The Bertz CT molecular complexity index is 1880. The molecule has 0 atom stereocenters. The lowest BCUT2D eigenvalue weighted by Crippen LogP contribution is -2.57. The molecule has 1 saturated carbocycles. The van der Waals surface area contributed by atoms with Gasteiger partial charge in [-0.3, -0.25) is 9.69 Å². The lowest BCUT2D eigenvalue weighted by molar-refractivity contribution is -0.125. The molecule has 4 aliphatic rings. The van der Waals surface area contributed by atoms with Gasteiger partial charge in [0.25, 0.3) is 0 Å². The van der Waals surface area contributed by atoms with Gasteiger partial charge in [0.05, 0.1) is 34.8 Å². The van der Waals surface area contributed by atoms with Crippen molar-refractivity contribution in [1.29, 1.82) is 0 Å². The maximum absolute atomic E-state index is 14.9. The Hall–Kier alpha value is -3.60. The van der Waals surface area contributed by atoms with Crippen LogP contribution in [0.4, 0.5) is 21.6 Å². The van der Waals surface area contributed by atoms with Crippen molar-refractivity contribution in [3.63, 3.8) is 0 Å². The van der Waals surface area contributed by atoms with E-state index >= 15 is 0 Å². The molecule has 2 N–H and O–H groups in total. The Morgan fingerprint density at radius 2 is 1.85 bits per heavy atom. The van der Waals surface area contributed by atoms with Crippen LogP contribution in [0, 0.1) is 11.2 Å². The molecule has 246 valence electrons. The van der Waals surface area contributed by atoms with Crippen LogP contribution in [-0.4, -0.2) is 68.6 Å². The summed E-state index contributed by atoms with van der Waals surface area (Å²) in [6.07, 6.45) is 7.73. The van der Waals surface area contributed by atoms with Gasteiger partial charge in [0.1, 0.15) is 10.7 Å². The highest BCUT2D eigenvalue weighted by Crippen LogP contribution is 2.52. The molecule has 2 saturated heterocycles. The average molecular weight is 657 g/mol. The van der Waals surface area contributed by atoms with E-state index in [1.54, 1.807) is 6.33 Å². The average Bonchev–Trinajstić information content (AvgIpc) is 3.68. The van der Waals surface area contributed by atoms with Crippen LogP contribution in [0.2, 0.25) is 5.15 Å². The molecular weight excluding hydrogens is 615 g/mol. The van der Waals surface area contributed by atoms with Gasteiger partial charge in [0.15, 0.2) is 11.6 Å². The van der Waals surface area contributed by atoms with Gasteiger partial charge >= 0.3 is 0 Å². The minimum absolute atomic E-state index is 0.109. The summed E-state index contributed by atoms with van der Waals surface area (Å²) in [6.45, 7) is 12.8. The third kappa shape index (κ3) is 5.11. The topological polar surface area (TPSA) is 91.2 Å². The van der Waals surface area contributed by atoms with Gasteiger partial charge < -0.3 is 20.1 Å². The molecule has 3 aromatic heterocycles. The van der Waals surface area contributed by atoms with Gasteiger partial charge in [-0.1, -0.05) is 37.6 Å². The number of piperidine rings is 1. The molecule has 4 aromatic rings. The first-order chi connectivity index (χ1) is 22.5. The van der Waals surface area contributed by atoms with Crippen LogP contribution in [0.25, 0.3) is 22.3 Å². The van der Waals surface area contributed by atoms with Crippen LogP contribution in [0.5, 0.6) is 0 Å². The second kappa shape index (κ2) is 11.2. The van der Waals surface area contributed by atoms with Gasteiger partial charge in [0, 0.05) is 42.0 Å². The van der Waals surface area contributed by atoms with E-state index in [0.29, 0.717) is 23.0 Å². The SMILES string of the molecule is CC(C)n1cnc2cc(-c3ccc4c(c3)N([C@H]3C[C@@H](N5CCC(C)(C)C5)C3)C(=O)C43CCNCC3)nc(Nc3cc(Cl)ncc3F)c21. The first-order valence-corrected chi connectivity index (χ1v) is 17.3. The molecular formula is C36H42ClFN8O. The van der Waals surface area contributed by atoms with E-state index < -0.39 is 11.2 Å². The number of benzene rings is 1. The van der Waals surface area contributed by atoms with Crippen molar-refractivity contribution in [2.24, 2.45) is 5.41 Å². The van der Waals surface area contributed by atoms with Crippen molar-refractivity contribution in [1.82, 2.24) is 29.7 Å². The quantitative estimate of drug-likeness (QED) is 0.220. The minimum atomic E-state index is -0.527. The number of amides is 1. The first-order valence-electron chi connectivity index (χ1n) is 16.9. The molecule has 9 nitrogen and oxygen atoms in total. The molecule has 1 aromatic carbocycles. The molecule has 1 amide bonds. The molecule has 0 unspecified atom stereocenters. The van der Waals surface area contributed by atoms with Crippen molar-refractivity contribution >= 4 is 45.7 Å². The highest BCUT2D eigenvalue weighted by Gasteiger charge is 2.55. The Labute approximate surface area is 279 Å². The molecule has 3 aliphatic heterocycles. The number of nitrogens with zero attached hydrogens (tertiary/aromatic N) is 6. The fourth-order valence-electron chi connectivity index (χ4n) is 8.31. The van der Waals surface area contributed by atoms with Gasteiger partial charge in [-0.05, 0) is 88.7 Å². The molecule has 1 aliphatic carbocycles. The third-order valence-corrected chi connectivity index (χ3v) is 11.2. The van der Waals surface area contributed by atoms with Crippen LogP contribution in [0.3, 0.4) is 0 Å². The first kappa shape index (κ1) is 30.7. The summed E-state index contributed by atoms with van der Waals surface area (Å²) in [7, 11) is 0. The molecule has 3 fully saturated rings. The second-order valence-corrected chi connectivity index (χ2v) is 15.4. The van der Waals surface area contributed by atoms with Crippen LogP contribution >= 0.6 is 11.6 Å². The Balaban J connectivity index is 1.19. The second-order valence-electron chi connectivity index (χ2n) is 15.0. The molecule has 47 heavy (non-hydrogen) atoms. The maximum Gasteiger partial charge on any atom is 0.238 e. The number of pyridine rings is 2. The number of anilines is 3. The van der Waals surface area contributed by atoms with E-state index in [-0.39, 0.29) is 28.8 Å². The van der Waals surface area contributed by atoms with Gasteiger partial charge in [0.2, 0.25) is 5.91 Å². The molecule has 1 spiro atoms. The number of carbonyl (C=O) groups excluding carboxylic acids is 1. The fourth-order valence-corrected chi connectivity index (χ4v) is 8.46. The van der Waals surface area contributed by atoms with Crippen molar-refractivity contribution in [2.75, 3.05) is 36.4 Å². The summed E-state index contributed by atoms with van der Waals surface area (Å²) in [6, 6.07) is 10.6. The van der Waals surface area contributed by atoms with E-state index in [1.165, 1.54) is 12.5 Å². The fraction of sp³-hybridized carbons (Fsp3) is 0.500. The number of imidazole rings is 1. The summed E-state index contributed by atoms with van der Waals surface area (Å²) >= 11 is 6.14. The number of hydrogen-bond donors (Lipinski definition) is 2. The van der Waals surface area contributed by atoms with Crippen molar-refractivity contribution in [2.45, 2.75) is 83.3 Å². The summed E-state index contributed by atoms with van der Waals surface area (Å²) in [5.41, 5.74) is 5.30. The molecule has 8 rings (SSSR count). The predicted octanol–water partition coefficient (Wildman–Crippen LogP) is 6.84. The van der Waals surface area contributed by atoms with Gasteiger partial charge in [-0.25, -0.2) is 19.3 Å². The van der Waals surface area contributed by atoms with Crippen molar-refractivity contribution in [3.8, 4) is 11.3 Å². The monoisotopic (exact) mass is 656 g/mol. The number of carbonyl (C=O) groups is 1. The third-order valence-electron chi connectivity index (χ3n) is 11.0. The highest BCUT2D eigenvalue weighted by molar-refractivity contribution is 6.29. The number of fused-ring (bicyclic) bond motifs is 3. The van der Waals surface area contributed by atoms with Gasteiger partial charge in [-0.15, -0.1) is 0 Å². The van der Waals surface area contributed by atoms with Crippen LogP contribution < -0.4 is 15.5 Å². The van der Waals surface area contributed by atoms with Crippen molar-refractivity contribution in [3.05, 3.63) is 59.4 Å². The Morgan fingerprint density at radius 1 is 1.06 bits per heavy atom. The minimum Gasteiger partial charge on any atom is -0.336 e. The van der Waals surface area contributed by atoms with Crippen molar-refractivity contribution < 1.29 is 9.18 Å². The number of halogens is 2. The van der Waals surface area contributed by atoms with E-state index in [1.807, 2.05) is 10.6 Å². The number of hydrogen-bond acceptors (Lipinski definition) is 7. The highest BCUT2D eigenvalue weighted by atomic mass is 35.5. The predicted molar refractivity (Wildman–Crippen MR) is 184 cm³/mol. The smallest absolute Gasteiger partial charge is 0.238 e. The molecule has 11 heteroatoms. The van der Waals surface area contributed by atoms with E-state index in [2.05, 4.69) is 71.3 Å². The Morgan fingerprint density at radius 3 is 2.57 bits per heavy atom. The molecule has 6 heterocycles. The zero-order valence-corrected chi connectivity index (χ0v) is 28.2. The molecule has 0 radical (unpaired) electrons. The lowest BCUT2D eigenvalue weighted by Gasteiger charge is -2.46. The number of nitrogens with one attached hydrogen (secondary N) is 2. The largest absolute Gasteiger partial charge is 0.336 e. The van der Waals surface area contributed by atoms with Gasteiger partial charge in [-0.2, -0.15) is 0 Å². The Kier molecular flexibility index (Phi) is 7.35. The van der Waals surface area contributed by atoms with Crippen LogP contribution in [0.1, 0.15) is 71.4 Å². The van der Waals surface area contributed by atoms with Crippen LogP contribution in [0.15, 0.2) is 42.9 Å². The summed E-state index contributed by atoms with van der Waals surface area (Å²) in [4.78, 5) is 32.9. The van der Waals surface area contributed by atoms with E-state index in [0.717, 1.165) is 85.9 Å². The number of rotatable bonds is 6. The standard InChI is InChI=1S/C36H42ClFN8O/c1-21(2)45-20-41-29-16-27(42-33(32(29)45)43-28-17-31(37)40-18-26(28)38)22-5-6-25-30(13-22)46(34(47)36(25)7-10-39-11-8-36)24-14-23(15-24)44-12-9-35(3,4)19-44/h5-6,13,16-18,20-21,23-24,39H,7-12,14-15,19H2,1-4H3,(H,40,42,43)/t23-,24+. The zero-order valence-electron chi connectivity index (χ0n) is 27.5. The number of likely N-dealkylation sites (tertiary alicyclic amines) is 1. The van der Waals surface area contributed by atoms with E-state index in [9.17, 15) is 9.18 Å². The number of aromatic nitrogens is 4. The summed E-state index contributed by atoms with van der Waals surface area (Å²) in [5, 5.41) is 6.84. The lowest BCUT2D eigenvalue weighted by atomic mass is 9.74. The summed E-state index contributed by atoms with van der Waals surface area (Å²) < 4.78 is 16.9.